The number of hydrogen-bond acceptors (Lipinski definition) is 3. The molecule has 0 aliphatic carbocycles. The Morgan fingerprint density at radius 2 is 1.64 bits per heavy atom. The zero-order chi connectivity index (χ0) is 8.27. The molecule has 1 nitrogen and oxygen atoms in total. The summed E-state index contributed by atoms with van der Waals surface area (Å²) in [6.07, 6.45) is 0. The number of hydrogen-bond donors (Lipinski definition) is 2. The van der Waals surface area contributed by atoms with E-state index in [4.69, 9.17) is 0 Å². The van der Waals surface area contributed by atoms with E-state index in [1.807, 2.05) is 12.1 Å². The lowest BCUT2D eigenvalue weighted by molar-refractivity contribution is 1.09. The molecule has 0 radical (unpaired) electrons. The smallest absolute Gasteiger partial charge is 0.0514 e. The molecule has 60 valence electrons. The Kier molecular flexibility index (Phi) is 3.75. The fourth-order valence-corrected chi connectivity index (χ4v) is 1.62. The lowest BCUT2D eigenvalue weighted by atomic mass is 10.3. The molecule has 0 unspecified atom stereocenters. The van der Waals surface area contributed by atoms with Gasteiger partial charge in [-0.2, -0.15) is 25.3 Å². The topological polar surface area (TPSA) is 12.9 Å². The normalized spacial score (nSPS) is 10.1. The summed E-state index contributed by atoms with van der Waals surface area (Å²) in [7, 11) is 0. The van der Waals surface area contributed by atoms with Crippen molar-refractivity contribution >= 4 is 41.2 Å². The van der Waals surface area contributed by atoms with Crippen LogP contribution in [0.25, 0.3) is 0 Å². The summed E-state index contributed by atoms with van der Waals surface area (Å²) in [5, 5.41) is 0. The molecule has 0 spiro atoms. The Labute approximate surface area is 85.6 Å². The van der Waals surface area contributed by atoms with Crippen molar-refractivity contribution in [3.63, 3.8) is 0 Å². The van der Waals surface area contributed by atoms with Gasteiger partial charge >= 0.3 is 0 Å². The highest BCUT2D eigenvalue weighted by Gasteiger charge is 1.97. The maximum absolute atomic E-state index is 4.29. The first-order chi connectivity index (χ1) is 5.26. The van der Waals surface area contributed by atoms with Crippen LogP contribution < -0.4 is 0 Å². The van der Waals surface area contributed by atoms with Crippen LogP contribution in [0.1, 0.15) is 11.4 Å². The van der Waals surface area contributed by atoms with Crippen molar-refractivity contribution in [1.82, 2.24) is 4.98 Å². The number of halogens is 1. The molecule has 1 rings (SSSR count). The van der Waals surface area contributed by atoms with Gasteiger partial charge in [-0.25, -0.2) is 0 Å². The Bertz CT molecular complexity index is 230. The van der Waals surface area contributed by atoms with E-state index in [0.717, 1.165) is 15.9 Å². The molecule has 0 saturated heterocycles. The van der Waals surface area contributed by atoms with Crippen LogP contribution in [0.15, 0.2) is 16.6 Å². The van der Waals surface area contributed by atoms with Crippen LogP contribution in [-0.4, -0.2) is 4.98 Å². The Balaban J connectivity index is 3.02. The summed E-state index contributed by atoms with van der Waals surface area (Å²) in [4.78, 5) is 4.29. The van der Waals surface area contributed by atoms with Crippen molar-refractivity contribution in [3.8, 4) is 0 Å². The highest BCUT2D eigenvalue weighted by Crippen LogP contribution is 2.14. The molecule has 4 heteroatoms. The second-order valence-corrected chi connectivity index (χ2v) is 3.63. The van der Waals surface area contributed by atoms with E-state index >= 15 is 0 Å². The van der Waals surface area contributed by atoms with E-state index < -0.39 is 0 Å². The molecule has 11 heavy (non-hydrogen) atoms. The second kappa shape index (κ2) is 4.38. The van der Waals surface area contributed by atoms with Gasteiger partial charge in [0.25, 0.3) is 0 Å². The van der Waals surface area contributed by atoms with Crippen LogP contribution in [0.3, 0.4) is 0 Å². The van der Waals surface area contributed by atoms with Crippen molar-refractivity contribution < 1.29 is 0 Å². The van der Waals surface area contributed by atoms with Gasteiger partial charge in [-0.1, -0.05) is 15.9 Å². The maximum Gasteiger partial charge on any atom is 0.0514 e. The van der Waals surface area contributed by atoms with Gasteiger partial charge in [-0.15, -0.1) is 0 Å². The molecule has 0 N–H and O–H groups in total. The molecule has 1 aromatic heterocycles. The van der Waals surface area contributed by atoms with Gasteiger partial charge in [-0.05, 0) is 12.1 Å². The number of rotatable bonds is 2. The number of pyridine rings is 1. The summed E-state index contributed by atoms with van der Waals surface area (Å²) in [6.45, 7) is 0. The van der Waals surface area contributed by atoms with Crippen LogP contribution in [-0.2, 0) is 11.5 Å². The Morgan fingerprint density at radius 1 is 1.18 bits per heavy atom. The molecule has 0 aliphatic heterocycles. The molecule has 0 saturated carbocycles. The van der Waals surface area contributed by atoms with Crippen molar-refractivity contribution in [2.24, 2.45) is 0 Å². The van der Waals surface area contributed by atoms with E-state index in [0.29, 0.717) is 11.5 Å². The lowest BCUT2D eigenvalue weighted by Gasteiger charge is -2.00. The molecule has 0 atom stereocenters. The largest absolute Gasteiger partial charge is 0.256 e. The number of thiol groups is 2. The summed E-state index contributed by atoms with van der Waals surface area (Å²) < 4.78 is 1.04. The molecule has 1 heterocycles. The van der Waals surface area contributed by atoms with Crippen molar-refractivity contribution in [3.05, 3.63) is 28.0 Å². The fourth-order valence-electron chi connectivity index (χ4n) is 0.771. The summed E-state index contributed by atoms with van der Waals surface area (Å²) in [5.74, 6) is 1.33. The molecular formula is C7H8BrNS2. The average Bonchev–Trinajstić information content (AvgIpc) is 2.03. The highest BCUT2D eigenvalue weighted by atomic mass is 79.9. The van der Waals surface area contributed by atoms with Crippen LogP contribution in [0, 0.1) is 0 Å². The first kappa shape index (κ1) is 9.42. The zero-order valence-corrected chi connectivity index (χ0v) is 9.16. The monoisotopic (exact) mass is 249 g/mol. The van der Waals surface area contributed by atoms with Gasteiger partial charge in [0.2, 0.25) is 0 Å². The molecule has 0 aromatic carbocycles. The fraction of sp³-hybridized carbons (Fsp3) is 0.286. The molecule has 0 amide bonds. The van der Waals surface area contributed by atoms with Crippen LogP contribution in [0.2, 0.25) is 0 Å². The standard InChI is InChI=1S/C7H8BrNS2/c8-5-1-6(3-10)9-7(2-5)4-11/h1-2,10-11H,3-4H2. The second-order valence-electron chi connectivity index (χ2n) is 2.08. The number of aromatic nitrogens is 1. The highest BCUT2D eigenvalue weighted by molar-refractivity contribution is 9.10. The average molecular weight is 250 g/mol. The van der Waals surface area contributed by atoms with E-state index in [2.05, 4.69) is 46.2 Å². The van der Waals surface area contributed by atoms with Crippen molar-refractivity contribution in [1.29, 1.82) is 0 Å². The van der Waals surface area contributed by atoms with Gasteiger partial charge in [0.15, 0.2) is 0 Å². The third-order valence-corrected chi connectivity index (χ3v) is 2.33. The van der Waals surface area contributed by atoms with Crippen molar-refractivity contribution in [2.45, 2.75) is 11.5 Å². The Hall–Kier alpha value is 0.330. The molecule has 0 aliphatic rings. The van der Waals surface area contributed by atoms with Crippen LogP contribution in [0.5, 0.6) is 0 Å². The van der Waals surface area contributed by atoms with Gasteiger partial charge in [0, 0.05) is 16.0 Å². The zero-order valence-electron chi connectivity index (χ0n) is 5.79. The predicted molar refractivity (Wildman–Crippen MR) is 57.3 cm³/mol. The lowest BCUT2D eigenvalue weighted by Crippen LogP contribution is -1.90. The summed E-state index contributed by atoms with van der Waals surface area (Å²) in [5.41, 5.74) is 1.96. The van der Waals surface area contributed by atoms with Crippen LogP contribution in [0.4, 0.5) is 0 Å². The van der Waals surface area contributed by atoms with Crippen molar-refractivity contribution in [2.75, 3.05) is 0 Å². The summed E-state index contributed by atoms with van der Waals surface area (Å²) >= 11 is 11.7. The predicted octanol–water partition coefficient (Wildman–Crippen LogP) is 2.70. The molecular weight excluding hydrogens is 242 g/mol. The summed E-state index contributed by atoms with van der Waals surface area (Å²) in [6, 6.07) is 3.92. The van der Waals surface area contributed by atoms with E-state index in [-0.39, 0.29) is 0 Å². The minimum absolute atomic E-state index is 0.667. The molecule has 0 bridgehead atoms. The van der Waals surface area contributed by atoms with Gasteiger partial charge in [0.1, 0.15) is 0 Å². The molecule has 1 aromatic rings. The number of nitrogens with zero attached hydrogens (tertiary/aromatic N) is 1. The van der Waals surface area contributed by atoms with Gasteiger partial charge in [-0.3, -0.25) is 4.98 Å². The molecule has 0 fully saturated rings. The first-order valence-electron chi connectivity index (χ1n) is 3.13. The quantitative estimate of drug-likeness (QED) is 0.769. The minimum Gasteiger partial charge on any atom is -0.256 e. The van der Waals surface area contributed by atoms with E-state index in [1.165, 1.54) is 0 Å². The SMILES string of the molecule is SCc1cc(Br)cc(CS)n1. The van der Waals surface area contributed by atoms with Gasteiger partial charge < -0.3 is 0 Å². The van der Waals surface area contributed by atoms with E-state index in [9.17, 15) is 0 Å². The third kappa shape index (κ3) is 2.69. The maximum atomic E-state index is 4.29. The third-order valence-electron chi connectivity index (χ3n) is 1.22. The van der Waals surface area contributed by atoms with Gasteiger partial charge in [0.05, 0.1) is 11.4 Å². The van der Waals surface area contributed by atoms with Crippen LogP contribution >= 0.6 is 41.2 Å². The minimum atomic E-state index is 0.667. The Morgan fingerprint density at radius 3 is 2.00 bits per heavy atom. The van der Waals surface area contributed by atoms with E-state index in [1.54, 1.807) is 0 Å². The first-order valence-corrected chi connectivity index (χ1v) is 5.19.